The summed E-state index contributed by atoms with van der Waals surface area (Å²) in [5.74, 6) is 1.96. The van der Waals surface area contributed by atoms with E-state index in [0.717, 1.165) is 5.75 Å². The fourth-order valence-electron chi connectivity index (χ4n) is 1.26. The van der Waals surface area contributed by atoms with Crippen LogP contribution in [-0.2, 0) is 6.61 Å². The third-order valence-electron chi connectivity index (χ3n) is 2.15. The maximum atomic E-state index is 5.77. The number of aromatic amines is 1. The molecule has 0 saturated heterocycles. The quantitative estimate of drug-likeness (QED) is 0.873. The third-order valence-corrected chi connectivity index (χ3v) is 2.40. The van der Waals surface area contributed by atoms with Crippen molar-refractivity contribution in [1.82, 2.24) is 15.2 Å². The summed E-state index contributed by atoms with van der Waals surface area (Å²) >= 11 is 5.77. The Morgan fingerprint density at radius 3 is 2.71 bits per heavy atom. The predicted octanol–water partition coefficient (Wildman–Crippen LogP) is 2.06. The maximum Gasteiger partial charge on any atom is 0.167 e. The molecular formula is C11H13ClN4O. The van der Waals surface area contributed by atoms with Crippen LogP contribution in [0.25, 0.3) is 0 Å². The SMILES string of the molecule is C[C@H](N)c1n[nH]c(COc2ccc(Cl)cc2)n1. The van der Waals surface area contributed by atoms with Crippen LogP contribution in [0.2, 0.25) is 5.02 Å². The zero-order valence-electron chi connectivity index (χ0n) is 9.35. The molecule has 0 amide bonds. The number of rotatable bonds is 4. The lowest BCUT2D eigenvalue weighted by molar-refractivity contribution is 0.296. The van der Waals surface area contributed by atoms with E-state index < -0.39 is 0 Å². The van der Waals surface area contributed by atoms with E-state index in [0.29, 0.717) is 23.3 Å². The Kier molecular flexibility index (Phi) is 3.61. The number of hydrogen-bond donors (Lipinski definition) is 2. The summed E-state index contributed by atoms with van der Waals surface area (Å²) in [7, 11) is 0. The lowest BCUT2D eigenvalue weighted by Gasteiger charge is -2.03. The van der Waals surface area contributed by atoms with Crippen LogP contribution >= 0.6 is 11.6 Å². The number of benzene rings is 1. The van der Waals surface area contributed by atoms with Crippen LogP contribution in [0.5, 0.6) is 5.75 Å². The maximum absolute atomic E-state index is 5.77. The molecule has 17 heavy (non-hydrogen) atoms. The number of nitrogens with zero attached hydrogens (tertiary/aromatic N) is 2. The summed E-state index contributed by atoms with van der Waals surface area (Å²) in [5, 5.41) is 7.43. The Hall–Kier alpha value is -1.59. The molecule has 0 bridgehead atoms. The molecule has 0 spiro atoms. The molecule has 1 heterocycles. The number of H-pyrrole nitrogens is 1. The summed E-state index contributed by atoms with van der Waals surface area (Å²) in [6.07, 6.45) is 0. The van der Waals surface area contributed by atoms with Crippen molar-refractivity contribution in [2.24, 2.45) is 5.73 Å². The van der Waals surface area contributed by atoms with Crippen molar-refractivity contribution in [3.05, 3.63) is 40.9 Å². The van der Waals surface area contributed by atoms with E-state index in [1.807, 2.05) is 6.92 Å². The number of halogens is 1. The second kappa shape index (κ2) is 5.16. The van der Waals surface area contributed by atoms with Crippen LogP contribution in [0.15, 0.2) is 24.3 Å². The van der Waals surface area contributed by atoms with Gasteiger partial charge in [-0.25, -0.2) is 4.98 Å². The normalized spacial score (nSPS) is 12.4. The molecule has 0 aliphatic heterocycles. The van der Waals surface area contributed by atoms with Gasteiger partial charge in [0.05, 0.1) is 6.04 Å². The van der Waals surface area contributed by atoms with E-state index in [1.54, 1.807) is 24.3 Å². The highest BCUT2D eigenvalue weighted by Crippen LogP contribution is 2.16. The average Bonchev–Trinajstić information content (AvgIpc) is 2.77. The molecule has 0 saturated carbocycles. The van der Waals surface area contributed by atoms with Gasteiger partial charge < -0.3 is 10.5 Å². The minimum Gasteiger partial charge on any atom is -0.486 e. The van der Waals surface area contributed by atoms with Crippen molar-refractivity contribution in [3.63, 3.8) is 0 Å². The average molecular weight is 253 g/mol. The van der Waals surface area contributed by atoms with Crippen LogP contribution in [0.3, 0.4) is 0 Å². The van der Waals surface area contributed by atoms with E-state index >= 15 is 0 Å². The molecule has 0 fully saturated rings. The second-order valence-corrected chi connectivity index (χ2v) is 4.11. The number of hydrogen-bond acceptors (Lipinski definition) is 4. The molecular weight excluding hydrogens is 240 g/mol. The lowest BCUT2D eigenvalue weighted by Crippen LogP contribution is -2.07. The number of aromatic nitrogens is 3. The number of ether oxygens (including phenoxy) is 1. The van der Waals surface area contributed by atoms with E-state index in [4.69, 9.17) is 22.1 Å². The van der Waals surface area contributed by atoms with Crippen LogP contribution in [0.4, 0.5) is 0 Å². The summed E-state index contributed by atoms with van der Waals surface area (Å²) in [4.78, 5) is 4.20. The zero-order valence-corrected chi connectivity index (χ0v) is 10.1. The van der Waals surface area contributed by atoms with Gasteiger partial charge in [0.15, 0.2) is 11.6 Å². The minimum absolute atomic E-state index is 0.185. The summed E-state index contributed by atoms with van der Waals surface area (Å²) in [6, 6.07) is 6.95. The Balaban J connectivity index is 1.95. The van der Waals surface area contributed by atoms with Crippen LogP contribution in [0.1, 0.15) is 24.6 Å². The van der Waals surface area contributed by atoms with Gasteiger partial charge in [-0.2, -0.15) is 5.10 Å². The largest absolute Gasteiger partial charge is 0.486 e. The van der Waals surface area contributed by atoms with E-state index in [1.165, 1.54) is 0 Å². The first-order valence-corrected chi connectivity index (χ1v) is 5.58. The van der Waals surface area contributed by atoms with Gasteiger partial charge in [0.25, 0.3) is 0 Å². The highest BCUT2D eigenvalue weighted by molar-refractivity contribution is 6.30. The number of nitrogens with one attached hydrogen (secondary N) is 1. The minimum atomic E-state index is -0.185. The molecule has 3 N–H and O–H groups in total. The molecule has 0 unspecified atom stereocenters. The molecule has 0 radical (unpaired) electrons. The van der Waals surface area contributed by atoms with E-state index in [-0.39, 0.29) is 6.04 Å². The van der Waals surface area contributed by atoms with Crippen LogP contribution < -0.4 is 10.5 Å². The first-order chi connectivity index (χ1) is 8.15. The van der Waals surface area contributed by atoms with Crippen molar-refractivity contribution >= 4 is 11.6 Å². The van der Waals surface area contributed by atoms with Crippen LogP contribution in [0, 0.1) is 0 Å². The molecule has 6 heteroatoms. The van der Waals surface area contributed by atoms with Crippen molar-refractivity contribution in [1.29, 1.82) is 0 Å². The van der Waals surface area contributed by atoms with E-state index in [9.17, 15) is 0 Å². The van der Waals surface area contributed by atoms with Gasteiger partial charge in [-0.05, 0) is 31.2 Å². The molecule has 2 aromatic rings. The molecule has 1 aromatic heterocycles. The molecule has 0 aliphatic carbocycles. The molecule has 5 nitrogen and oxygen atoms in total. The van der Waals surface area contributed by atoms with E-state index in [2.05, 4.69) is 15.2 Å². The fraction of sp³-hybridized carbons (Fsp3) is 0.273. The molecule has 90 valence electrons. The molecule has 2 rings (SSSR count). The second-order valence-electron chi connectivity index (χ2n) is 3.67. The standard InChI is InChI=1S/C11H13ClN4O/c1-7(13)11-14-10(15-16-11)6-17-9-4-2-8(12)3-5-9/h2-5,7H,6,13H2,1H3,(H,14,15,16)/t7-/m0/s1. The van der Waals surface area contributed by atoms with Gasteiger partial charge in [0.2, 0.25) is 0 Å². The van der Waals surface area contributed by atoms with Crippen molar-refractivity contribution < 1.29 is 4.74 Å². The monoisotopic (exact) mass is 252 g/mol. The predicted molar refractivity (Wildman–Crippen MR) is 64.8 cm³/mol. The molecule has 1 aromatic carbocycles. The van der Waals surface area contributed by atoms with Crippen molar-refractivity contribution in [3.8, 4) is 5.75 Å². The summed E-state index contributed by atoms with van der Waals surface area (Å²) in [6.45, 7) is 2.15. The van der Waals surface area contributed by atoms with Gasteiger partial charge in [-0.15, -0.1) is 0 Å². The van der Waals surface area contributed by atoms with Crippen LogP contribution in [-0.4, -0.2) is 15.2 Å². The summed E-state index contributed by atoms with van der Waals surface area (Å²) in [5.41, 5.74) is 5.65. The Labute approximate surface area is 104 Å². The third kappa shape index (κ3) is 3.18. The van der Waals surface area contributed by atoms with Crippen molar-refractivity contribution in [2.75, 3.05) is 0 Å². The first-order valence-electron chi connectivity index (χ1n) is 5.20. The topological polar surface area (TPSA) is 76.8 Å². The Morgan fingerprint density at radius 1 is 1.41 bits per heavy atom. The van der Waals surface area contributed by atoms with Gasteiger partial charge in [0.1, 0.15) is 12.4 Å². The van der Waals surface area contributed by atoms with Crippen molar-refractivity contribution in [2.45, 2.75) is 19.6 Å². The smallest absolute Gasteiger partial charge is 0.167 e. The fourth-order valence-corrected chi connectivity index (χ4v) is 1.39. The van der Waals surface area contributed by atoms with Gasteiger partial charge in [0, 0.05) is 5.02 Å². The Bertz CT molecular complexity index is 480. The van der Waals surface area contributed by atoms with Gasteiger partial charge in [-0.3, -0.25) is 5.10 Å². The van der Waals surface area contributed by atoms with Gasteiger partial charge in [-0.1, -0.05) is 11.6 Å². The highest BCUT2D eigenvalue weighted by atomic mass is 35.5. The number of nitrogens with two attached hydrogens (primary N) is 1. The zero-order chi connectivity index (χ0) is 12.3. The first kappa shape index (κ1) is 11.9. The molecule has 0 aliphatic rings. The Morgan fingerprint density at radius 2 is 2.12 bits per heavy atom. The molecule has 1 atom stereocenters. The lowest BCUT2D eigenvalue weighted by atomic mass is 10.3. The summed E-state index contributed by atoms with van der Waals surface area (Å²) < 4.78 is 5.51. The highest BCUT2D eigenvalue weighted by Gasteiger charge is 2.07. The van der Waals surface area contributed by atoms with Gasteiger partial charge >= 0.3 is 0 Å².